The average molecular weight is 241 g/mol. The summed E-state index contributed by atoms with van der Waals surface area (Å²) in [4.78, 5) is 26.5. The molecule has 0 aromatic heterocycles. The smallest absolute Gasteiger partial charge is 0.242 e. The molecule has 0 bridgehead atoms. The highest BCUT2D eigenvalue weighted by atomic mass is 16.2. The quantitative estimate of drug-likeness (QED) is 0.716. The van der Waals surface area contributed by atoms with E-state index < -0.39 is 0 Å². The lowest BCUT2D eigenvalue weighted by Crippen LogP contribution is -2.55. The number of likely N-dealkylation sites (N-methyl/N-ethyl adjacent to an activating group) is 2. The Morgan fingerprint density at radius 1 is 1.24 bits per heavy atom. The van der Waals surface area contributed by atoms with Crippen molar-refractivity contribution in [1.29, 1.82) is 0 Å². The number of nitrogens with one attached hydrogen (secondary N) is 1. The molecule has 1 rings (SSSR count). The second-order valence-electron chi connectivity index (χ2n) is 4.57. The maximum Gasteiger partial charge on any atom is 0.242 e. The van der Waals surface area contributed by atoms with E-state index in [0.717, 1.165) is 19.4 Å². The van der Waals surface area contributed by atoms with Crippen molar-refractivity contribution >= 4 is 11.8 Å². The number of amides is 2. The molecule has 2 amide bonds. The van der Waals surface area contributed by atoms with Gasteiger partial charge in [0.2, 0.25) is 11.8 Å². The first-order valence-corrected chi connectivity index (χ1v) is 6.33. The zero-order chi connectivity index (χ0) is 12.8. The van der Waals surface area contributed by atoms with E-state index in [-0.39, 0.29) is 24.9 Å². The molecule has 1 aliphatic heterocycles. The third-order valence-electron chi connectivity index (χ3n) is 3.05. The number of piperazine rings is 1. The Bertz CT molecular complexity index is 275. The molecule has 0 aliphatic carbocycles. The minimum Gasteiger partial charge on any atom is -0.335 e. The van der Waals surface area contributed by atoms with Crippen LogP contribution in [0.15, 0.2) is 0 Å². The molecule has 0 aromatic rings. The summed E-state index contributed by atoms with van der Waals surface area (Å²) in [6.07, 6.45) is 2.11. The van der Waals surface area contributed by atoms with Crippen LogP contribution >= 0.6 is 0 Å². The van der Waals surface area contributed by atoms with Crippen LogP contribution in [0.4, 0.5) is 0 Å². The summed E-state index contributed by atoms with van der Waals surface area (Å²) in [7, 11) is 1.67. The topological polar surface area (TPSA) is 52.7 Å². The highest BCUT2D eigenvalue weighted by Gasteiger charge is 2.28. The first-order valence-electron chi connectivity index (χ1n) is 6.33. The van der Waals surface area contributed by atoms with Crippen molar-refractivity contribution in [2.75, 3.05) is 33.2 Å². The van der Waals surface area contributed by atoms with Crippen LogP contribution in [0.25, 0.3) is 0 Å². The van der Waals surface area contributed by atoms with Crippen molar-refractivity contribution in [3.63, 3.8) is 0 Å². The molecule has 1 unspecified atom stereocenters. The van der Waals surface area contributed by atoms with Crippen LogP contribution in [0, 0.1) is 0 Å². The Balaban J connectivity index is 2.53. The fourth-order valence-corrected chi connectivity index (χ4v) is 2.09. The molecule has 5 heteroatoms. The molecule has 1 fully saturated rings. The molecule has 1 atom stereocenters. The number of hydrogen-bond donors (Lipinski definition) is 1. The van der Waals surface area contributed by atoms with E-state index in [1.807, 2.05) is 0 Å². The van der Waals surface area contributed by atoms with Gasteiger partial charge in [-0.25, -0.2) is 0 Å². The third kappa shape index (κ3) is 4.00. The van der Waals surface area contributed by atoms with Crippen LogP contribution < -0.4 is 5.32 Å². The first-order chi connectivity index (χ1) is 8.08. The van der Waals surface area contributed by atoms with Crippen LogP contribution in [0.3, 0.4) is 0 Å². The Kier molecular flexibility index (Phi) is 5.41. The predicted molar refractivity (Wildman–Crippen MR) is 66.6 cm³/mol. The van der Waals surface area contributed by atoms with Gasteiger partial charge in [-0.15, -0.1) is 0 Å². The SMILES string of the molecule is CCCC(CN1CC(=O)N(C)CC1=O)NCC. The van der Waals surface area contributed by atoms with Gasteiger partial charge in [-0.3, -0.25) is 9.59 Å². The van der Waals surface area contributed by atoms with Gasteiger partial charge >= 0.3 is 0 Å². The van der Waals surface area contributed by atoms with Crippen molar-refractivity contribution in [3.05, 3.63) is 0 Å². The van der Waals surface area contributed by atoms with Crippen LogP contribution in [0.2, 0.25) is 0 Å². The van der Waals surface area contributed by atoms with Gasteiger partial charge in [-0.05, 0) is 13.0 Å². The van der Waals surface area contributed by atoms with Crippen molar-refractivity contribution in [2.45, 2.75) is 32.7 Å². The third-order valence-corrected chi connectivity index (χ3v) is 3.05. The largest absolute Gasteiger partial charge is 0.335 e. The second-order valence-corrected chi connectivity index (χ2v) is 4.57. The van der Waals surface area contributed by atoms with E-state index in [9.17, 15) is 9.59 Å². The number of hydrogen-bond acceptors (Lipinski definition) is 3. The average Bonchev–Trinajstić information content (AvgIpc) is 2.26. The van der Waals surface area contributed by atoms with E-state index in [4.69, 9.17) is 0 Å². The summed E-state index contributed by atoms with van der Waals surface area (Å²) < 4.78 is 0. The number of carbonyl (C=O) groups is 2. The molecule has 5 nitrogen and oxygen atoms in total. The molecular weight excluding hydrogens is 218 g/mol. The number of nitrogens with zero attached hydrogens (tertiary/aromatic N) is 2. The summed E-state index contributed by atoms with van der Waals surface area (Å²) in [6, 6.07) is 0.296. The molecule has 0 radical (unpaired) electrons. The van der Waals surface area contributed by atoms with Gasteiger partial charge in [0.05, 0.1) is 13.1 Å². The number of rotatable bonds is 6. The lowest BCUT2D eigenvalue weighted by molar-refractivity contribution is -0.149. The Hall–Kier alpha value is -1.10. The second kappa shape index (κ2) is 6.59. The molecule has 1 N–H and O–H groups in total. The maximum atomic E-state index is 11.8. The van der Waals surface area contributed by atoms with Crippen molar-refractivity contribution in [3.8, 4) is 0 Å². The molecule has 0 spiro atoms. The zero-order valence-electron chi connectivity index (χ0n) is 11.0. The Morgan fingerprint density at radius 3 is 2.53 bits per heavy atom. The van der Waals surface area contributed by atoms with Crippen molar-refractivity contribution in [2.24, 2.45) is 0 Å². The molecule has 17 heavy (non-hydrogen) atoms. The van der Waals surface area contributed by atoms with Crippen molar-refractivity contribution < 1.29 is 9.59 Å². The van der Waals surface area contributed by atoms with Crippen LogP contribution in [-0.2, 0) is 9.59 Å². The molecule has 98 valence electrons. The molecule has 1 heterocycles. The summed E-state index contributed by atoms with van der Waals surface area (Å²) in [5.41, 5.74) is 0. The summed E-state index contributed by atoms with van der Waals surface area (Å²) in [5, 5.41) is 3.36. The van der Waals surface area contributed by atoms with Gasteiger partial charge in [-0.1, -0.05) is 20.3 Å². The van der Waals surface area contributed by atoms with Gasteiger partial charge in [0.1, 0.15) is 0 Å². The highest BCUT2D eigenvalue weighted by Crippen LogP contribution is 2.06. The molecule has 1 aliphatic rings. The van der Waals surface area contributed by atoms with E-state index in [2.05, 4.69) is 19.2 Å². The standard InChI is InChI=1S/C12H23N3O2/c1-4-6-10(13-5-2)7-15-9-11(16)14(3)8-12(15)17/h10,13H,4-9H2,1-3H3. The van der Waals surface area contributed by atoms with Crippen LogP contribution in [0.1, 0.15) is 26.7 Å². The lowest BCUT2D eigenvalue weighted by Gasteiger charge is -2.34. The first kappa shape index (κ1) is 14.0. The molecule has 0 saturated carbocycles. The highest BCUT2D eigenvalue weighted by molar-refractivity contribution is 5.92. The monoisotopic (exact) mass is 241 g/mol. The van der Waals surface area contributed by atoms with Crippen LogP contribution in [-0.4, -0.2) is 60.9 Å². The zero-order valence-corrected chi connectivity index (χ0v) is 11.0. The fourth-order valence-electron chi connectivity index (χ4n) is 2.09. The van der Waals surface area contributed by atoms with Gasteiger partial charge in [0.25, 0.3) is 0 Å². The fraction of sp³-hybridized carbons (Fsp3) is 0.833. The lowest BCUT2D eigenvalue weighted by atomic mass is 10.1. The predicted octanol–water partition coefficient (Wildman–Crippen LogP) is 0.0652. The number of carbonyl (C=O) groups excluding carboxylic acids is 2. The molecular formula is C12H23N3O2. The Labute approximate surface area is 103 Å². The van der Waals surface area contributed by atoms with Crippen LogP contribution in [0.5, 0.6) is 0 Å². The minimum atomic E-state index is 0.0244. The van der Waals surface area contributed by atoms with Gasteiger partial charge in [0, 0.05) is 19.6 Å². The Morgan fingerprint density at radius 2 is 1.94 bits per heavy atom. The minimum absolute atomic E-state index is 0.0244. The van der Waals surface area contributed by atoms with E-state index >= 15 is 0 Å². The summed E-state index contributed by atoms with van der Waals surface area (Å²) in [5.74, 6) is 0.0717. The van der Waals surface area contributed by atoms with E-state index in [1.54, 1.807) is 11.9 Å². The van der Waals surface area contributed by atoms with E-state index in [1.165, 1.54) is 4.90 Å². The summed E-state index contributed by atoms with van der Waals surface area (Å²) in [6.45, 7) is 6.15. The van der Waals surface area contributed by atoms with E-state index in [0.29, 0.717) is 12.6 Å². The van der Waals surface area contributed by atoms with Gasteiger partial charge in [-0.2, -0.15) is 0 Å². The van der Waals surface area contributed by atoms with Crippen molar-refractivity contribution in [1.82, 2.24) is 15.1 Å². The normalized spacial score (nSPS) is 18.8. The molecule has 0 aromatic carbocycles. The summed E-state index contributed by atoms with van der Waals surface area (Å²) >= 11 is 0. The molecule has 1 saturated heterocycles. The van der Waals surface area contributed by atoms with Gasteiger partial charge < -0.3 is 15.1 Å². The maximum absolute atomic E-state index is 11.8. The van der Waals surface area contributed by atoms with Gasteiger partial charge in [0.15, 0.2) is 0 Å².